The lowest BCUT2D eigenvalue weighted by Gasteiger charge is -2.39. The van der Waals surface area contributed by atoms with Crippen molar-refractivity contribution in [2.24, 2.45) is 10.9 Å². The molecule has 0 aromatic heterocycles. The molecule has 0 aromatic rings. The SMILES string of the molecule is CCOCCN1C(N2CCCC(C)C2)=NC2C1C(=O)NC(=O)N2C. The zero-order valence-electron chi connectivity index (χ0n) is 14.7. The number of piperidine rings is 1. The summed E-state index contributed by atoms with van der Waals surface area (Å²) in [4.78, 5) is 34.9. The normalized spacial score (nSPS) is 30.4. The lowest BCUT2D eigenvalue weighted by Crippen LogP contribution is -2.64. The molecule has 0 saturated carbocycles. The summed E-state index contributed by atoms with van der Waals surface area (Å²) >= 11 is 0. The van der Waals surface area contributed by atoms with E-state index < -0.39 is 12.2 Å². The number of rotatable bonds is 4. The predicted molar refractivity (Wildman–Crippen MR) is 89.5 cm³/mol. The van der Waals surface area contributed by atoms with Crippen LogP contribution in [0.5, 0.6) is 0 Å². The number of carbonyl (C=O) groups excluding carboxylic acids is 2. The molecule has 3 unspecified atom stereocenters. The summed E-state index contributed by atoms with van der Waals surface area (Å²) in [6.07, 6.45) is 1.88. The second kappa shape index (κ2) is 6.96. The largest absolute Gasteiger partial charge is 0.380 e. The van der Waals surface area contributed by atoms with Gasteiger partial charge in [0, 0.05) is 33.3 Å². The molecular formula is C16H27N5O3. The maximum atomic E-state index is 12.4. The van der Waals surface area contributed by atoms with E-state index in [9.17, 15) is 9.59 Å². The van der Waals surface area contributed by atoms with Crippen LogP contribution in [0.15, 0.2) is 4.99 Å². The highest BCUT2D eigenvalue weighted by Gasteiger charge is 2.49. The van der Waals surface area contributed by atoms with Gasteiger partial charge in [-0.3, -0.25) is 10.1 Å². The van der Waals surface area contributed by atoms with Crippen molar-refractivity contribution in [2.75, 3.05) is 39.9 Å². The third-order valence-corrected chi connectivity index (χ3v) is 4.96. The zero-order chi connectivity index (χ0) is 17.3. The molecule has 8 nitrogen and oxygen atoms in total. The summed E-state index contributed by atoms with van der Waals surface area (Å²) in [5.74, 6) is 1.15. The molecule has 3 aliphatic heterocycles. The molecule has 2 fully saturated rings. The van der Waals surface area contributed by atoms with Crippen molar-refractivity contribution in [3.05, 3.63) is 0 Å². The van der Waals surface area contributed by atoms with Crippen molar-refractivity contribution in [3.63, 3.8) is 0 Å². The fourth-order valence-corrected chi connectivity index (χ4v) is 3.69. The summed E-state index contributed by atoms with van der Waals surface area (Å²) < 4.78 is 5.49. The van der Waals surface area contributed by atoms with Crippen LogP contribution < -0.4 is 5.32 Å². The number of imide groups is 1. The number of hydrogen-bond donors (Lipinski definition) is 1. The number of nitrogens with zero attached hydrogens (tertiary/aromatic N) is 4. The maximum Gasteiger partial charge on any atom is 0.325 e. The van der Waals surface area contributed by atoms with Gasteiger partial charge in [-0.25, -0.2) is 9.79 Å². The third kappa shape index (κ3) is 3.07. The summed E-state index contributed by atoms with van der Waals surface area (Å²) in [6.45, 7) is 7.83. The van der Waals surface area contributed by atoms with Crippen LogP contribution in [-0.2, 0) is 9.53 Å². The zero-order valence-corrected chi connectivity index (χ0v) is 14.7. The van der Waals surface area contributed by atoms with Gasteiger partial charge in [-0.2, -0.15) is 0 Å². The number of fused-ring (bicyclic) bond motifs is 1. The van der Waals surface area contributed by atoms with Crippen LogP contribution in [-0.4, -0.2) is 84.7 Å². The topological polar surface area (TPSA) is 77.5 Å². The van der Waals surface area contributed by atoms with Gasteiger partial charge in [-0.1, -0.05) is 6.92 Å². The molecule has 2 saturated heterocycles. The molecule has 3 heterocycles. The Bertz CT molecular complexity index is 538. The Morgan fingerprint density at radius 2 is 2.17 bits per heavy atom. The molecule has 0 aromatic carbocycles. The van der Waals surface area contributed by atoms with E-state index in [4.69, 9.17) is 9.73 Å². The van der Waals surface area contributed by atoms with Crippen LogP contribution in [0.25, 0.3) is 0 Å². The third-order valence-electron chi connectivity index (χ3n) is 4.96. The average Bonchev–Trinajstić information content (AvgIpc) is 2.93. The van der Waals surface area contributed by atoms with Gasteiger partial charge < -0.3 is 19.4 Å². The number of hydrogen-bond acceptors (Lipinski definition) is 6. The first-order valence-electron chi connectivity index (χ1n) is 8.77. The Labute approximate surface area is 142 Å². The Balaban J connectivity index is 1.85. The smallest absolute Gasteiger partial charge is 0.325 e. The Morgan fingerprint density at radius 3 is 2.88 bits per heavy atom. The van der Waals surface area contributed by atoms with Crippen LogP contribution in [0.2, 0.25) is 0 Å². The van der Waals surface area contributed by atoms with Gasteiger partial charge in [0.2, 0.25) is 0 Å². The molecule has 0 aliphatic carbocycles. The Morgan fingerprint density at radius 1 is 1.38 bits per heavy atom. The van der Waals surface area contributed by atoms with Crippen LogP contribution in [0.1, 0.15) is 26.7 Å². The summed E-state index contributed by atoms with van der Waals surface area (Å²) in [6, 6.07) is -0.858. The Hall–Kier alpha value is -1.83. The van der Waals surface area contributed by atoms with E-state index in [0.717, 1.165) is 25.5 Å². The highest BCUT2D eigenvalue weighted by molar-refractivity contribution is 6.03. The van der Waals surface area contributed by atoms with Crippen LogP contribution in [0, 0.1) is 5.92 Å². The van der Waals surface area contributed by atoms with Crippen LogP contribution in [0.3, 0.4) is 0 Å². The van der Waals surface area contributed by atoms with Gasteiger partial charge in [-0.05, 0) is 25.7 Å². The van der Waals surface area contributed by atoms with Gasteiger partial charge in [-0.15, -0.1) is 0 Å². The van der Waals surface area contributed by atoms with Gasteiger partial charge >= 0.3 is 6.03 Å². The first-order chi connectivity index (χ1) is 11.5. The second-order valence-electron chi connectivity index (χ2n) is 6.78. The van der Waals surface area contributed by atoms with Gasteiger partial charge in [0.15, 0.2) is 18.2 Å². The van der Waals surface area contributed by atoms with Crippen molar-refractivity contribution < 1.29 is 14.3 Å². The van der Waals surface area contributed by atoms with E-state index in [1.165, 1.54) is 11.3 Å². The predicted octanol–water partition coefficient (Wildman–Crippen LogP) is 0.303. The fraction of sp³-hybridized carbons (Fsp3) is 0.812. The second-order valence-corrected chi connectivity index (χ2v) is 6.78. The number of aliphatic imine (C=N–C) groups is 1. The lowest BCUT2D eigenvalue weighted by molar-refractivity contribution is -0.127. The Kier molecular flexibility index (Phi) is 4.93. The van der Waals surface area contributed by atoms with Gasteiger partial charge in [0.1, 0.15) is 0 Å². The molecule has 8 heteroatoms. The van der Waals surface area contributed by atoms with E-state index in [1.54, 1.807) is 7.05 Å². The van der Waals surface area contributed by atoms with E-state index >= 15 is 0 Å². The summed E-state index contributed by atoms with van der Waals surface area (Å²) in [5.41, 5.74) is 0. The number of nitrogens with one attached hydrogen (secondary N) is 1. The summed E-state index contributed by atoms with van der Waals surface area (Å²) in [7, 11) is 1.69. The highest BCUT2D eigenvalue weighted by atomic mass is 16.5. The molecule has 3 atom stereocenters. The number of ether oxygens (including phenoxy) is 1. The molecular weight excluding hydrogens is 310 g/mol. The quantitative estimate of drug-likeness (QED) is 0.747. The lowest BCUT2D eigenvalue weighted by atomic mass is 10.0. The van der Waals surface area contributed by atoms with Crippen molar-refractivity contribution in [1.82, 2.24) is 20.0 Å². The molecule has 0 spiro atoms. The van der Waals surface area contributed by atoms with E-state index in [-0.39, 0.29) is 11.9 Å². The number of urea groups is 1. The minimum absolute atomic E-state index is 0.275. The molecule has 134 valence electrons. The average molecular weight is 337 g/mol. The molecule has 3 amide bonds. The number of likely N-dealkylation sites (N-methyl/N-ethyl adjacent to an activating group) is 1. The van der Waals surface area contributed by atoms with Gasteiger partial charge in [0.05, 0.1) is 6.61 Å². The van der Waals surface area contributed by atoms with Crippen molar-refractivity contribution >= 4 is 17.9 Å². The minimum atomic E-state index is -0.472. The molecule has 0 bridgehead atoms. The minimum Gasteiger partial charge on any atom is -0.380 e. The van der Waals surface area contributed by atoms with E-state index in [1.807, 2.05) is 11.8 Å². The van der Waals surface area contributed by atoms with E-state index in [0.29, 0.717) is 25.7 Å². The van der Waals surface area contributed by atoms with E-state index in [2.05, 4.69) is 17.1 Å². The number of guanidine groups is 1. The molecule has 0 radical (unpaired) electrons. The molecule has 3 rings (SSSR count). The van der Waals surface area contributed by atoms with Crippen molar-refractivity contribution in [1.29, 1.82) is 0 Å². The molecule has 3 aliphatic rings. The number of likely N-dealkylation sites (tertiary alicyclic amines) is 1. The van der Waals surface area contributed by atoms with Crippen molar-refractivity contribution in [2.45, 2.75) is 38.9 Å². The molecule has 1 N–H and O–H groups in total. The fourth-order valence-electron chi connectivity index (χ4n) is 3.69. The monoisotopic (exact) mass is 337 g/mol. The standard InChI is InChI=1S/C16H27N5O3/c1-4-24-9-8-21-12-13(19(3)16(23)18-14(12)22)17-15(21)20-7-5-6-11(2)10-20/h11-13H,4-10H2,1-3H3,(H,18,22,23). The number of carbonyl (C=O) groups is 2. The number of amides is 3. The van der Waals surface area contributed by atoms with Crippen molar-refractivity contribution in [3.8, 4) is 0 Å². The highest BCUT2D eigenvalue weighted by Crippen LogP contribution is 2.27. The maximum absolute atomic E-state index is 12.4. The summed E-state index contributed by atoms with van der Waals surface area (Å²) in [5, 5.41) is 2.43. The van der Waals surface area contributed by atoms with Gasteiger partial charge in [0.25, 0.3) is 5.91 Å². The first-order valence-corrected chi connectivity index (χ1v) is 8.77. The first kappa shape index (κ1) is 17.0. The van der Waals surface area contributed by atoms with Crippen LogP contribution in [0.4, 0.5) is 4.79 Å². The molecule has 24 heavy (non-hydrogen) atoms. The van der Waals surface area contributed by atoms with Crippen LogP contribution >= 0.6 is 0 Å².